The highest BCUT2D eigenvalue weighted by molar-refractivity contribution is 7.98. The zero-order valence-electron chi connectivity index (χ0n) is 11.2. The lowest BCUT2D eigenvalue weighted by molar-refractivity contribution is 0.565. The third kappa shape index (κ3) is 4.08. The second-order valence-corrected chi connectivity index (χ2v) is 5.39. The summed E-state index contributed by atoms with van der Waals surface area (Å²) in [5.41, 5.74) is 2.21. The molecule has 0 spiro atoms. The molecule has 0 fully saturated rings. The van der Waals surface area contributed by atoms with Gasteiger partial charge < -0.3 is 5.32 Å². The summed E-state index contributed by atoms with van der Waals surface area (Å²) in [6.07, 6.45) is 2.07. The van der Waals surface area contributed by atoms with Gasteiger partial charge in [-0.25, -0.2) is 4.39 Å². The van der Waals surface area contributed by atoms with Crippen LogP contribution in [0.4, 0.5) is 4.39 Å². The van der Waals surface area contributed by atoms with Crippen molar-refractivity contribution in [3.05, 3.63) is 65.5 Å². The van der Waals surface area contributed by atoms with E-state index >= 15 is 0 Å². The predicted molar refractivity (Wildman–Crippen MR) is 79.9 cm³/mol. The Morgan fingerprint density at radius 3 is 2.53 bits per heavy atom. The summed E-state index contributed by atoms with van der Waals surface area (Å²) in [4.78, 5) is 1.27. The fourth-order valence-electron chi connectivity index (χ4n) is 1.91. The third-order valence-corrected chi connectivity index (χ3v) is 3.86. The van der Waals surface area contributed by atoms with Gasteiger partial charge in [0.05, 0.1) is 0 Å². The molecule has 0 saturated heterocycles. The molecule has 0 aliphatic heterocycles. The van der Waals surface area contributed by atoms with E-state index in [2.05, 4.69) is 35.8 Å². The SMILES string of the molecule is CSc1ccc(CN[C@H](C)c2cccc(F)c2)cc1. The fraction of sp³-hybridized carbons (Fsp3) is 0.250. The molecular weight excluding hydrogens is 257 g/mol. The zero-order valence-corrected chi connectivity index (χ0v) is 12.0. The van der Waals surface area contributed by atoms with Gasteiger partial charge in [-0.1, -0.05) is 24.3 Å². The highest BCUT2D eigenvalue weighted by atomic mass is 32.2. The molecule has 19 heavy (non-hydrogen) atoms. The van der Waals surface area contributed by atoms with Crippen LogP contribution in [0.5, 0.6) is 0 Å². The van der Waals surface area contributed by atoms with E-state index < -0.39 is 0 Å². The lowest BCUT2D eigenvalue weighted by Crippen LogP contribution is -2.18. The minimum Gasteiger partial charge on any atom is -0.306 e. The first-order chi connectivity index (χ1) is 9.19. The lowest BCUT2D eigenvalue weighted by atomic mass is 10.1. The van der Waals surface area contributed by atoms with Crippen molar-refractivity contribution in [3.8, 4) is 0 Å². The fourth-order valence-corrected chi connectivity index (χ4v) is 2.32. The van der Waals surface area contributed by atoms with Gasteiger partial charge in [-0.05, 0) is 48.6 Å². The summed E-state index contributed by atoms with van der Waals surface area (Å²) in [6, 6.07) is 15.4. The van der Waals surface area contributed by atoms with Gasteiger partial charge in [-0.15, -0.1) is 11.8 Å². The van der Waals surface area contributed by atoms with E-state index in [1.54, 1.807) is 23.9 Å². The largest absolute Gasteiger partial charge is 0.306 e. The average Bonchev–Trinajstić information content (AvgIpc) is 2.45. The molecule has 0 heterocycles. The maximum absolute atomic E-state index is 13.1. The summed E-state index contributed by atoms with van der Waals surface area (Å²) in [5, 5.41) is 3.41. The normalized spacial score (nSPS) is 12.4. The Bertz CT molecular complexity index is 525. The van der Waals surface area contributed by atoms with E-state index in [1.807, 2.05) is 13.0 Å². The highest BCUT2D eigenvalue weighted by Crippen LogP contribution is 2.17. The van der Waals surface area contributed by atoms with Crippen molar-refractivity contribution in [2.75, 3.05) is 6.26 Å². The average molecular weight is 275 g/mol. The van der Waals surface area contributed by atoms with Crippen molar-refractivity contribution in [3.63, 3.8) is 0 Å². The number of benzene rings is 2. The minimum atomic E-state index is -0.185. The molecule has 1 nitrogen and oxygen atoms in total. The van der Waals surface area contributed by atoms with Crippen LogP contribution in [-0.2, 0) is 6.54 Å². The van der Waals surface area contributed by atoms with Crippen LogP contribution in [0.3, 0.4) is 0 Å². The first kappa shape index (κ1) is 14.1. The number of hydrogen-bond acceptors (Lipinski definition) is 2. The predicted octanol–water partition coefficient (Wildman–Crippen LogP) is 4.40. The van der Waals surface area contributed by atoms with Crippen LogP contribution in [0.15, 0.2) is 53.4 Å². The molecule has 0 amide bonds. The lowest BCUT2D eigenvalue weighted by Gasteiger charge is -2.14. The molecule has 0 saturated carbocycles. The van der Waals surface area contributed by atoms with E-state index in [0.717, 1.165) is 12.1 Å². The van der Waals surface area contributed by atoms with Gasteiger partial charge in [-0.3, -0.25) is 0 Å². The van der Waals surface area contributed by atoms with Crippen molar-refractivity contribution in [1.29, 1.82) is 0 Å². The topological polar surface area (TPSA) is 12.0 Å². The summed E-state index contributed by atoms with van der Waals surface area (Å²) in [5.74, 6) is -0.185. The Morgan fingerprint density at radius 1 is 1.16 bits per heavy atom. The van der Waals surface area contributed by atoms with Gasteiger partial charge >= 0.3 is 0 Å². The van der Waals surface area contributed by atoms with Gasteiger partial charge in [0, 0.05) is 17.5 Å². The number of halogens is 1. The molecule has 0 radical (unpaired) electrons. The van der Waals surface area contributed by atoms with Crippen LogP contribution in [-0.4, -0.2) is 6.26 Å². The van der Waals surface area contributed by atoms with E-state index in [-0.39, 0.29) is 11.9 Å². The van der Waals surface area contributed by atoms with Gasteiger partial charge in [0.25, 0.3) is 0 Å². The molecule has 0 bridgehead atoms. The number of hydrogen-bond donors (Lipinski definition) is 1. The van der Waals surface area contributed by atoms with Crippen LogP contribution in [0.1, 0.15) is 24.1 Å². The molecule has 2 rings (SSSR count). The van der Waals surface area contributed by atoms with Crippen molar-refractivity contribution in [2.45, 2.75) is 24.4 Å². The van der Waals surface area contributed by atoms with E-state index in [1.165, 1.54) is 16.5 Å². The second-order valence-electron chi connectivity index (χ2n) is 4.51. The molecule has 2 aromatic carbocycles. The number of thioether (sulfide) groups is 1. The molecule has 100 valence electrons. The quantitative estimate of drug-likeness (QED) is 0.812. The van der Waals surface area contributed by atoms with Crippen molar-refractivity contribution >= 4 is 11.8 Å². The smallest absolute Gasteiger partial charge is 0.123 e. The van der Waals surface area contributed by atoms with Gasteiger partial charge in [0.1, 0.15) is 5.82 Å². The molecule has 0 aliphatic rings. The van der Waals surface area contributed by atoms with Crippen molar-refractivity contribution in [1.82, 2.24) is 5.32 Å². The van der Waals surface area contributed by atoms with Crippen LogP contribution in [0.25, 0.3) is 0 Å². The maximum Gasteiger partial charge on any atom is 0.123 e. The number of rotatable bonds is 5. The highest BCUT2D eigenvalue weighted by Gasteiger charge is 2.05. The van der Waals surface area contributed by atoms with Crippen LogP contribution in [0, 0.1) is 5.82 Å². The Kier molecular flexibility index (Phi) is 5.00. The number of nitrogens with one attached hydrogen (secondary N) is 1. The first-order valence-electron chi connectivity index (χ1n) is 6.31. The summed E-state index contributed by atoms with van der Waals surface area (Å²) >= 11 is 1.74. The Balaban J connectivity index is 1.94. The van der Waals surface area contributed by atoms with Crippen molar-refractivity contribution < 1.29 is 4.39 Å². The third-order valence-electron chi connectivity index (χ3n) is 3.12. The molecule has 0 unspecified atom stereocenters. The van der Waals surface area contributed by atoms with Gasteiger partial charge in [0.15, 0.2) is 0 Å². The molecule has 3 heteroatoms. The van der Waals surface area contributed by atoms with E-state index in [4.69, 9.17) is 0 Å². The zero-order chi connectivity index (χ0) is 13.7. The monoisotopic (exact) mass is 275 g/mol. The summed E-state index contributed by atoms with van der Waals surface area (Å²) < 4.78 is 13.1. The molecule has 0 aliphatic carbocycles. The maximum atomic E-state index is 13.1. The Labute approximate surface area is 118 Å². The standard InChI is InChI=1S/C16H18FNS/c1-12(14-4-3-5-15(17)10-14)18-11-13-6-8-16(19-2)9-7-13/h3-10,12,18H,11H2,1-2H3/t12-/m1/s1. The first-order valence-corrected chi connectivity index (χ1v) is 7.53. The van der Waals surface area contributed by atoms with Gasteiger partial charge in [-0.2, -0.15) is 0 Å². The summed E-state index contributed by atoms with van der Waals surface area (Å²) in [7, 11) is 0. The van der Waals surface area contributed by atoms with Crippen LogP contribution >= 0.6 is 11.8 Å². The Hall–Kier alpha value is -1.32. The Morgan fingerprint density at radius 2 is 1.89 bits per heavy atom. The molecule has 1 N–H and O–H groups in total. The second kappa shape index (κ2) is 6.73. The van der Waals surface area contributed by atoms with E-state index in [0.29, 0.717) is 0 Å². The van der Waals surface area contributed by atoms with Gasteiger partial charge in [0.2, 0.25) is 0 Å². The molecule has 2 aromatic rings. The molecule has 1 atom stereocenters. The molecular formula is C16H18FNS. The molecule has 0 aromatic heterocycles. The van der Waals surface area contributed by atoms with Crippen LogP contribution < -0.4 is 5.32 Å². The van der Waals surface area contributed by atoms with Crippen LogP contribution in [0.2, 0.25) is 0 Å². The minimum absolute atomic E-state index is 0.135. The van der Waals surface area contributed by atoms with Crippen molar-refractivity contribution in [2.24, 2.45) is 0 Å². The van der Waals surface area contributed by atoms with E-state index in [9.17, 15) is 4.39 Å². The summed E-state index contributed by atoms with van der Waals surface area (Å²) in [6.45, 7) is 2.83.